The van der Waals surface area contributed by atoms with Crippen LogP contribution < -0.4 is 0 Å². The van der Waals surface area contributed by atoms with Crippen LogP contribution in [0.1, 0.15) is 32.1 Å². The van der Waals surface area contributed by atoms with Crippen LogP contribution in [-0.2, 0) is 9.53 Å². The first-order chi connectivity index (χ1) is 8.77. The van der Waals surface area contributed by atoms with Gasteiger partial charge < -0.3 is 9.64 Å². The number of morpholine rings is 1. The zero-order chi connectivity index (χ0) is 12.4. The molecule has 0 atom stereocenters. The summed E-state index contributed by atoms with van der Waals surface area (Å²) in [5, 5.41) is 0. The minimum atomic E-state index is 0.299. The molecular weight excluding hydrogens is 228 g/mol. The molecule has 1 spiro atoms. The molecule has 4 heteroatoms. The maximum absolute atomic E-state index is 12.2. The van der Waals surface area contributed by atoms with Crippen LogP contribution in [0, 0.1) is 5.41 Å². The average Bonchev–Trinajstić information content (AvgIpc) is 3.02. The topological polar surface area (TPSA) is 32.8 Å². The van der Waals surface area contributed by atoms with Gasteiger partial charge in [-0.25, -0.2) is 0 Å². The van der Waals surface area contributed by atoms with Gasteiger partial charge in [-0.05, 0) is 31.2 Å². The molecule has 1 aliphatic carbocycles. The summed E-state index contributed by atoms with van der Waals surface area (Å²) in [6.45, 7) is 5.86. The fourth-order valence-electron chi connectivity index (χ4n) is 3.80. The lowest BCUT2D eigenvalue weighted by atomic mass is 9.86. The van der Waals surface area contributed by atoms with Gasteiger partial charge in [0.2, 0.25) is 5.91 Å². The summed E-state index contributed by atoms with van der Waals surface area (Å²) < 4.78 is 5.29. The molecule has 0 aromatic heterocycles. The standard InChI is InChI=1S/C14H24N2O2/c17-13(16-7-9-18-10-8-16)11-15-6-5-14(12-15)3-1-2-4-14/h1-12H2. The molecule has 0 aromatic carbocycles. The lowest BCUT2D eigenvalue weighted by molar-refractivity contribution is -0.136. The number of amides is 1. The number of ether oxygens (including phenoxy) is 1. The molecule has 3 fully saturated rings. The van der Waals surface area contributed by atoms with Crippen LogP contribution in [0.2, 0.25) is 0 Å². The van der Waals surface area contributed by atoms with E-state index in [1.54, 1.807) is 0 Å². The molecule has 0 unspecified atom stereocenters. The van der Waals surface area contributed by atoms with Crippen molar-refractivity contribution in [3.63, 3.8) is 0 Å². The largest absolute Gasteiger partial charge is 0.378 e. The van der Waals surface area contributed by atoms with Gasteiger partial charge in [-0.15, -0.1) is 0 Å². The van der Waals surface area contributed by atoms with Gasteiger partial charge >= 0.3 is 0 Å². The van der Waals surface area contributed by atoms with Gasteiger partial charge in [0.05, 0.1) is 19.8 Å². The Morgan fingerprint density at radius 2 is 1.78 bits per heavy atom. The lowest BCUT2D eigenvalue weighted by Gasteiger charge is -2.29. The molecule has 3 aliphatic rings. The van der Waals surface area contributed by atoms with Gasteiger partial charge in [0.15, 0.2) is 0 Å². The Bertz CT molecular complexity index is 307. The molecule has 0 aromatic rings. The predicted molar refractivity (Wildman–Crippen MR) is 69.4 cm³/mol. The third kappa shape index (κ3) is 2.54. The molecule has 3 rings (SSSR count). The van der Waals surface area contributed by atoms with Crippen molar-refractivity contribution in [2.75, 3.05) is 45.9 Å². The third-order valence-corrected chi connectivity index (χ3v) is 4.90. The smallest absolute Gasteiger partial charge is 0.236 e. The third-order valence-electron chi connectivity index (χ3n) is 4.90. The van der Waals surface area contributed by atoms with E-state index in [1.165, 1.54) is 32.1 Å². The summed E-state index contributed by atoms with van der Waals surface area (Å²) in [5.74, 6) is 0.299. The van der Waals surface area contributed by atoms with Gasteiger partial charge in [-0.2, -0.15) is 0 Å². The molecule has 102 valence electrons. The first kappa shape index (κ1) is 12.4. The van der Waals surface area contributed by atoms with E-state index in [9.17, 15) is 4.79 Å². The first-order valence-corrected chi connectivity index (χ1v) is 7.35. The number of hydrogen-bond donors (Lipinski definition) is 0. The van der Waals surface area contributed by atoms with Crippen molar-refractivity contribution in [2.45, 2.75) is 32.1 Å². The Morgan fingerprint density at radius 1 is 1.06 bits per heavy atom. The second kappa shape index (κ2) is 5.17. The Hall–Kier alpha value is -0.610. The van der Waals surface area contributed by atoms with Crippen LogP contribution in [-0.4, -0.2) is 61.6 Å². The first-order valence-electron chi connectivity index (χ1n) is 7.35. The minimum Gasteiger partial charge on any atom is -0.378 e. The zero-order valence-corrected chi connectivity index (χ0v) is 11.2. The molecule has 1 amide bonds. The highest BCUT2D eigenvalue weighted by atomic mass is 16.5. The van der Waals surface area contributed by atoms with E-state index in [2.05, 4.69) is 4.90 Å². The van der Waals surface area contributed by atoms with Gasteiger partial charge in [-0.1, -0.05) is 12.8 Å². The van der Waals surface area contributed by atoms with E-state index in [4.69, 9.17) is 4.74 Å². The van der Waals surface area contributed by atoms with E-state index in [0.29, 0.717) is 31.1 Å². The molecule has 0 radical (unpaired) electrons. The Balaban J connectivity index is 1.49. The number of nitrogens with zero attached hydrogens (tertiary/aromatic N) is 2. The van der Waals surface area contributed by atoms with E-state index in [1.807, 2.05) is 4.90 Å². The van der Waals surface area contributed by atoms with E-state index >= 15 is 0 Å². The van der Waals surface area contributed by atoms with Crippen LogP contribution >= 0.6 is 0 Å². The van der Waals surface area contributed by atoms with Crippen LogP contribution in [0.3, 0.4) is 0 Å². The lowest BCUT2D eigenvalue weighted by Crippen LogP contribution is -2.45. The highest BCUT2D eigenvalue weighted by Gasteiger charge is 2.40. The van der Waals surface area contributed by atoms with Crippen molar-refractivity contribution in [3.05, 3.63) is 0 Å². The normalized spacial score (nSPS) is 28.1. The molecule has 1 saturated carbocycles. The van der Waals surface area contributed by atoms with E-state index < -0.39 is 0 Å². The van der Waals surface area contributed by atoms with Crippen LogP contribution in [0.25, 0.3) is 0 Å². The Kier molecular flexibility index (Phi) is 3.57. The Morgan fingerprint density at radius 3 is 2.50 bits per heavy atom. The van der Waals surface area contributed by atoms with Crippen molar-refractivity contribution in [1.29, 1.82) is 0 Å². The minimum absolute atomic E-state index is 0.299. The molecule has 4 nitrogen and oxygen atoms in total. The number of carbonyl (C=O) groups is 1. The van der Waals surface area contributed by atoms with E-state index in [-0.39, 0.29) is 0 Å². The summed E-state index contributed by atoms with van der Waals surface area (Å²) in [7, 11) is 0. The summed E-state index contributed by atoms with van der Waals surface area (Å²) in [6.07, 6.45) is 6.87. The molecule has 0 N–H and O–H groups in total. The summed E-state index contributed by atoms with van der Waals surface area (Å²) in [5.41, 5.74) is 0.575. The van der Waals surface area contributed by atoms with Gasteiger partial charge in [0.25, 0.3) is 0 Å². The maximum Gasteiger partial charge on any atom is 0.236 e. The van der Waals surface area contributed by atoms with Gasteiger partial charge in [0.1, 0.15) is 0 Å². The number of rotatable bonds is 2. The van der Waals surface area contributed by atoms with Crippen molar-refractivity contribution in [3.8, 4) is 0 Å². The summed E-state index contributed by atoms with van der Waals surface area (Å²) >= 11 is 0. The van der Waals surface area contributed by atoms with Crippen molar-refractivity contribution < 1.29 is 9.53 Å². The second-order valence-electron chi connectivity index (χ2n) is 6.16. The quantitative estimate of drug-likeness (QED) is 0.738. The summed E-state index contributed by atoms with van der Waals surface area (Å²) in [6, 6.07) is 0. The van der Waals surface area contributed by atoms with Crippen molar-refractivity contribution >= 4 is 5.91 Å². The van der Waals surface area contributed by atoms with E-state index in [0.717, 1.165) is 26.2 Å². The SMILES string of the molecule is O=C(CN1CCC2(CCCC2)C1)N1CCOCC1. The second-order valence-corrected chi connectivity index (χ2v) is 6.16. The molecular formula is C14H24N2O2. The highest BCUT2D eigenvalue weighted by molar-refractivity contribution is 5.78. The van der Waals surface area contributed by atoms with Crippen molar-refractivity contribution in [1.82, 2.24) is 9.80 Å². The van der Waals surface area contributed by atoms with Crippen LogP contribution in [0.5, 0.6) is 0 Å². The van der Waals surface area contributed by atoms with Crippen LogP contribution in [0.4, 0.5) is 0 Å². The number of hydrogen-bond acceptors (Lipinski definition) is 3. The number of likely N-dealkylation sites (tertiary alicyclic amines) is 1. The van der Waals surface area contributed by atoms with Crippen LogP contribution in [0.15, 0.2) is 0 Å². The molecule has 2 heterocycles. The maximum atomic E-state index is 12.2. The molecule has 2 saturated heterocycles. The monoisotopic (exact) mass is 252 g/mol. The Labute approximate surface area is 109 Å². The predicted octanol–water partition coefficient (Wildman–Crippen LogP) is 1.11. The fourth-order valence-corrected chi connectivity index (χ4v) is 3.80. The molecule has 0 bridgehead atoms. The zero-order valence-electron chi connectivity index (χ0n) is 11.2. The molecule has 2 aliphatic heterocycles. The highest BCUT2D eigenvalue weighted by Crippen LogP contribution is 2.45. The number of carbonyl (C=O) groups excluding carboxylic acids is 1. The fraction of sp³-hybridized carbons (Fsp3) is 0.929. The van der Waals surface area contributed by atoms with Crippen molar-refractivity contribution in [2.24, 2.45) is 5.41 Å². The van der Waals surface area contributed by atoms with Gasteiger partial charge in [0, 0.05) is 19.6 Å². The average molecular weight is 252 g/mol. The molecule has 18 heavy (non-hydrogen) atoms. The summed E-state index contributed by atoms with van der Waals surface area (Å²) in [4.78, 5) is 16.5. The van der Waals surface area contributed by atoms with Gasteiger partial charge in [-0.3, -0.25) is 9.69 Å².